The normalized spacial score (nSPS) is 7.67. The van der Waals surface area contributed by atoms with Crippen LogP contribution < -0.4 is 0 Å². The van der Waals surface area contributed by atoms with Gasteiger partial charge in [-0.1, -0.05) is 60.7 Å². The van der Waals surface area contributed by atoms with Gasteiger partial charge in [-0.25, -0.2) is 9.79 Å². The average molecular weight is 282 g/mol. The van der Waals surface area contributed by atoms with Crippen molar-refractivity contribution in [2.24, 2.45) is 4.99 Å². The molecular formula is C17H18N2O2. The van der Waals surface area contributed by atoms with Gasteiger partial charge in [0.15, 0.2) is 0 Å². The van der Waals surface area contributed by atoms with E-state index in [9.17, 15) is 0 Å². The first kappa shape index (κ1) is 18.1. The molecule has 0 saturated heterocycles. The van der Waals surface area contributed by atoms with Gasteiger partial charge in [0.25, 0.3) is 6.26 Å². The van der Waals surface area contributed by atoms with Gasteiger partial charge >= 0.3 is 0 Å². The summed E-state index contributed by atoms with van der Waals surface area (Å²) in [5.74, 6) is 0. The second-order valence-electron chi connectivity index (χ2n) is 3.76. The van der Waals surface area contributed by atoms with Crippen LogP contribution in [0.5, 0.6) is 0 Å². The molecular weight excluding hydrogens is 264 g/mol. The molecule has 0 fully saturated rings. The van der Waals surface area contributed by atoms with E-state index in [1.54, 1.807) is 0 Å². The largest absolute Gasteiger partial charge is 0.431 e. The molecule has 108 valence electrons. The minimum absolute atomic E-state index is 1.03. The fraction of sp³-hybridized carbons (Fsp3) is 0.176. The highest BCUT2D eigenvalue weighted by molar-refractivity contribution is 5.32. The van der Waals surface area contributed by atoms with Crippen LogP contribution in [0.2, 0.25) is 0 Å². The molecule has 0 amide bonds. The number of ether oxygens (including phenoxy) is 1. The first-order valence-corrected chi connectivity index (χ1v) is 6.24. The summed E-state index contributed by atoms with van der Waals surface area (Å²) in [6, 6.07) is 21.1. The fourth-order valence-corrected chi connectivity index (χ4v) is 1.43. The molecule has 2 rings (SSSR count). The lowest BCUT2D eigenvalue weighted by Gasteiger charge is -2.00. The summed E-state index contributed by atoms with van der Waals surface area (Å²) in [5.41, 5.74) is 2.74. The molecule has 21 heavy (non-hydrogen) atoms. The molecule has 2 aromatic rings. The second-order valence-corrected chi connectivity index (χ2v) is 3.76. The van der Waals surface area contributed by atoms with Gasteiger partial charge in [-0.2, -0.15) is 5.26 Å². The molecule has 0 N–H and O–H groups in total. The van der Waals surface area contributed by atoms with Gasteiger partial charge < -0.3 is 4.74 Å². The average Bonchev–Trinajstić information content (AvgIpc) is 2.57. The van der Waals surface area contributed by atoms with E-state index in [4.69, 9.17) is 10.1 Å². The molecule has 0 aromatic heterocycles. The number of rotatable bonds is 2. The van der Waals surface area contributed by atoms with Crippen LogP contribution in [0.3, 0.4) is 0 Å². The van der Waals surface area contributed by atoms with Crippen LogP contribution >= 0.6 is 0 Å². The van der Waals surface area contributed by atoms with E-state index in [1.165, 1.54) is 37.6 Å². The smallest absolute Gasteiger partial charge is 0.286 e. The van der Waals surface area contributed by atoms with Gasteiger partial charge in [-0.15, -0.1) is 0 Å². The standard InChI is InChI=1S/C13H12.2C2H3NO/c1-3-7-12(8-4-1)11-13-9-5-2-6-10-13;1-4-2-3;1-3-2-4/h1-10H,11H2;2*1H3. The summed E-state index contributed by atoms with van der Waals surface area (Å²) in [4.78, 5) is 11.8. The highest BCUT2D eigenvalue weighted by Crippen LogP contribution is 2.07. The lowest BCUT2D eigenvalue weighted by Crippen LogP contribution is -1.85. The maximum Gasteiger partial charge on any atom is 0.286 e. The Morgan fingerprint density at radius 1 is 1.00 bits per heavy atom. The SMILES string of the molecule is CN=C=O.COC#N.c1ccc(Cc2ccccc2)cc1. The van der Waals surface area contributed by atoms with Crippen LogP contribution in [0.15, 0.2) is 65.7 Å². The third-order valence-electron chi connectivity index (χ3n) is 2.28. The summed E-state index contributed by atoms with van der Waals surface area (Å²) in [7, 11) is 2.70. The Morgan fingerprint density at radius 2 is 1.33 bits per heavy atom. The van der Waals surface area contributed by atoms with Gasteiger partial charge in [-0.3, -0.25) is 0 Å². The van der Waals surface area contributed by atoms with Crippen molar-refractivity contribution in [1.82, 2.24) is 0 Å². The molecule has 0 aliphatic heterocycles. The number of carbonyl (C=O) groups excluding carboxylic acids is 1. The highest BCUT2D eigenvalue weighted by Gasteiger charge is 1.92. The first-order valence-electron chi connectivity index (χ1n) is 6.24. The van der Waals surface area contributed by atoms with Crippen LogP contribution in [0.25, 0.3) is 0 Å². The minimum Gasteiger partial charge on any atom is -0.431 e. The Labute approximate surface area is 125 Å². The van der Waals surface area contributed by atoms with Crippen molar-refractivity contribution in [3.63, 3.8) is 0 Å². The third-order valence-corrected chi connectivity index (χ3v) is 2.28. The van der Waals surface area contributed by atoms with Gasteiger partial charge in [0.05, 0.1) is 7.11 Å². The van der Waals surface area contributed by atoms with Gasteiger partial charge in [-0.05, 0) is 17.5 Å². The zero-order chi connectivity index (χ0) is 15.8. The summed E-state index contributed by atoms with van der Waals surface area (Å²) in [5, 5.41) is 7.40. The van der Waals surface area contributed by atoms with Crippen LogP contribution in [-0.4, -0.2) is 20.2 Å². The molecule has 0 heterocycles. The number of nitrogens with zero attached hydrogens (tertiary/aromatic N) is 2. The molecule has 0 saturated carbocycles. The Kier molecular flexibility index (Phi) is 11.7. The number of nitriles is 1. The number of benzene rings is 2. The zero-order valence-corrected chi connectivity index (χ0v) is 12.2. The van der Waals surface area contributed by atoms with Crippen molar-refractivity contribution in [3.05, 3.63) is 71.8 Å². The zero-order valence-electron chi connectivity index (χ0n) is 12.2. The molecule has 0 bridgehead atoms. The molecule has 0 aliphatic carbocycles. The molecule has 0 unspecified atom stereocenters. The fourth-order valence-electron chi connectivity index (χ4n) is 1.43. The monoisotopic (exact) mass is 282 g/mol. The van der Waals surface area contributed by atoms with Crippen molar-refractivity contribution in [2.45, 2.75) is 6.42 Å². The quantitative estimate of drug-likeness (QED) is 0.482. The van der Waals surface area contributed by atoms with Crippen molar-refractivity contribution < 1.29 is 9.53 Å². The van der Waals surface area contributed by atoms with Crippen molar-refractivity contribution >= 4 is 6.08 Å². The summed E-state index contributed by atoms with van der Waals surface area (Å²) in [6.07, 6.45) is 3.77. The van der Waals surface area contributed by atoms with E-state index >= 15 is 0 Å². The summed E-state index contributed by atoms with van der Waals surface area (Å²) >= 11 is 0. The lowest BCUT2D eigenvalue weighted by molar-refractivity contribution is 0.362. The van der Waals surface area contributed by atoms with Gasteiger partial charge in [0.2, 0.25) is 6.08 Å². The molecule has 0 aliphatic rings. The maximum absolute atomic E-state index is 8.88. The maximum atomic E-state index is 8.88. The Balaban J connectivity index is 0.000000421. The second kappa shape index (κ2) is 13.5. The Hall–Kier alpha value is -2.89. The molecule has 4 heteroatoms. The van der Waals surface area contributed by atoms with E-state index in [2.05, 4.69) is 70.4 Å². The molecule has 4 nitrogen and oxygen atoms in total. The van der Waals surface area contributed by atoms with Crippen molar-refractivity contribution in [3.8, 4) is 6.26 Å². The van der Waals surface area contributed by atoms with Gasteiger partial charge in [0, 0.05) is 7.05 Å². The number of hydrogen-bond donors (Lipinski definition) is 0. The number of aliphatic imine (C=N–C) groups is 1. The van der Waals surface area contributed by atoms with Crippen molar-refractivity contribution in [1.29, 1.82) is 5.26 Å². The number of methoxy groups -OCH3 is 1. The van der Waals surface area contributed by atoms with Crippen LogP contribution in [0.1, 0.15) is 11.1 Å². The molecule has 0 spiro atoms. The van der Waals surface area contributed by atoms with E-state index < -0.39 is 0 Å². The minimum atomic E-state index is 1.03. The highest BCUT2D eigenvalue weighted by atomic mass is 16.5. The number of hydrogen-bond acceptors (Lipinski definition) is 4. The predicted octanol–water partition coefficient (Wildman–Crippen LogP) is 3.34. The van der Waals surface area contributed by atoms with Gasteiger partial charge in [0.1, 0.15) is 0 Å². The third kappa shape index (κ3) is 10.7. The van der Waals surface area contributed by atoms with E-state index in [0.717, 1.165) is 6.42 Å². The molecule has 0 radical (unpaired) electrons. The Bertz CT molecular complexity index is 519. The Morgan fingerprint density at radius 3 is 1.57 bits per heavy atom. The van der Waals surface area contributed by atoms with E-state index in [-0.39, 0.29) is 0 Å². The first-order chi connectivity index (χ1) is 10.3. The van der Waals surface area contributed by atoms with Crippen molar-refractivity contribution in [2.75, 3.05) is 14.2 Å². The van der Waals surface area contributed by atoms with E-state index in [0.29, 0.717) is 0 Å². The molecule has 2 aromatic carbocycles. The molecule has 0 atom stereocenters. The predicted molar refractivity (Wildman–Crippen MR) is 82.4 cm³/mol. The van der Waals surface area contributed by atoms with E-state index in [1.807, 2.05) is 0 Å². The topological polar surface area (TPSA) is 62.4 Å². The summed E-state index contributed by atoms with van der Waals surface area (Å²) in [6.45, 7) is 0. The number of isocyanates is 1. The lowest BCUT2D eigenvalue weighted by atomic mass is 10.1. The van der Waals surface area contributed by atoms with Crippen LogP contribution in [-0.2, 0) is 16.0 Å². The summed E-state index contributed by atoms with van der Waals surface area (Å²) < 4.78 is 3.85. The van der Waals surface area contributed by atoms with Crippen LogP contribution in [0.4, 0.5) is 0 Å². The van der Waals surface area contributed by atoms with Crippen LogP contribution in [0, 0.1) is 11.5 Å².